The Kier molecular flexibility index (Phi) is 45.2. The van der Waals surface area contributed by atoms with Gasteiger partial charge in [-0.1, -0.05) is 96.4 Å². The summed E-state index contributed by atoms with van der Waals surface area (Å²) in [7, 11) is 10.5. The number of methoxy groups -OCH3 is 6. The van der Waals surface area contributed by atoms with E-state index in [4.69, 9.17) is 68.7 Å². The molecule has 0 radical (unpaired) electrons. The van der Waals surface area contributed by atoms with Crippen molar-refractivity contribution in [2.45, 2.75) is 90.4 Å². The Morgan fingerprint density at radius 1 is 0.550 bits per heavy atom. The number of hydrogen-bond donors (Lipinski definition) is 3. The molecule has 0 aromatic carbocycles. The van der Waals surface area contributed by atoms with Crippen molar-refractivity contribution in [1.82, 2.24) is 58.5 Å². The van der Waals surface area contributed by atoms with E-state index in [2.05, 4.69) is 64.1 Å². The zero-order chi connectivity index (χ0) is 82.6. The molecule has 34 heteroatoms. The van der Waals surface area contributed by atoms with Crippen molar-refractivity contribution in [3.8, 4) is 11.8 Å². The van der Waals surface area contributed by atoms with Crippen molar-refractivity contribution < 1.29 is 58.2 Å². The third-order valence-electron chi connectivity index (χ3n) is 14.6. The minimum atomic E-state index is -1.00. The van der Waals surface area contributed by atoms with Crippen molar-refractivity contribution in [3.63, 3.8) is 0 Å². The molecule has 9 heterocycles. The van der Waals surface area contributed by atoms with Crippen LogP contribution in [0.25, 0.3) is 0 Å². The maximum atomic E-state index is 12.8. The molecule has 0 bridgehead atoms. The molecule has 0 amide bonds. The monoisotopic (exact) mass is 1610 g/mol. The number of nitrogens with zero attached hydrogens (tertiary/aromatic N) is 12. The average Bonchev–Trinajstić information content (AvgIpc) is 0.832. The van der Waals surface area contributed by atoms with Gasteiger partial charge in [0, 0.05) is 139 Å². The molecule has 9 rings (SSSR count). The molecule has 0 spiro atoms. The highest BCUT2D eigenvalue weighted by Gasteiger charge is 2.21. The van der Waals surface area contributed by atoms with E-state index in [1.807, 2.05) is 30.3 Å². The SMILES string of the molecule is COC(=O)C(=C/C(Cl)=C/N(C)C)C(=O)OC.COC(=O)c1cc(Cl)cn(Cc2cccnc2)c1=O.COC(=O)c1cc(Cl)cn(Cc2cccnc2)c1=O.COc1ccnc(CCCCCCCC(=O)c2cc(Cl)cn(Cc3cccnc3)c2=O)n1.COc1ccnc(NCCCCCN)n1.NCc1cccnc1.[2H]CF. The van der Waals surface area contributed by atoms with Gasteiger partial charge in [-0.2, -0.15) is 9.97 Å². The molecule has 0 fully saturated rings. The van der Waals surface area contributed by atoms with Gasteiger partial charge in [0.2, 0.25) is 17.7 Å². The van der Waals surface area contributed by atoms with Crippen molar-refractivity contribution in [2.24, 2.45) is 11.5 Å². The number of unbranched alkanes of at least 4 members (excludes halogenated alkanes) is 6. The average molecular weight is 1610 g/mol. The predicted octanol–water partition coefficient (Wildman–Crippen LogP) is 11.0. The number of aryl methyl sites for hydroxylation is 1. The van der Waals surface area contributed by atoms with Crippen LogP contribution in [-0.4, -0.2) is 165 Å². The fourth-order valence-electron chi connectivity index (χ4n) is 9.32. The minimum Gasteiger partial charge on any atom is -0.481 e. The predicted molar refractivity (Wildman–Crippen MR) is 423 cm³/mol. The van der Waals surface area contributed by atoms with Gasteiger partial charge in [0.1, 0.15) is 22.5 Å². The summed E-state index contributed by atoms with van der Waals surface area (Å²) in [6.07, 6.45) is 33.2. The van der Waals surface area contributed by atoms with Gasteiger partial charge in [0.05, 0.1) is 96.5 Å². The second-order valence-electron chi connectivity index (χ2n) is 23.1. The molecule has 0 aliphatic heterocycles. The summed E-state index contributed by atoms with van der Waals surface area (Å²) >= 11 is 23.8. The lowest BCUT2D eigenvalue weighted by Gasteiger charge is -2.09. The number of alkyl halides is 1. The van der Waals surface area contributed by atoms with E-state index in [0.29, 0.717) is 52.3 Å². The second kappa shape index (κ2) is 54.4. The zero-order valence-corrected chi connectivity index (χ0v) is 65.8. The van der Waals surface area contributed by atoms with Gasteiger partial charge in [0.15, 0.2) is 5.78 Å². The van der Waals surface area contributed by atoms with Crippen LogP contribution in [0.15, 0.2) is 197 Å². The minimum absolute atomic E-state index is 0.0844. The highest BCUT2D eigenvalue weighted by Crippen LogP contribution is 2.17. The van der Waals surface area contributed by atoms with E-state index in [9.17, 15) is 42.7 Å². The summed E-state index contributed by atoms with van der Waals surface area (Å²) in [5.74, 6) is -0.606. The largest absolute Gasteiger partial charge is 0.481 e. The van der Waals surface area contributed by atoms with Gasteiger partial charge >= 0.3 is 23.9 Å². The number of halogens is 5. The van der Waals surface area contributed by atoms with Crippen LogP contribution in [0.5, 0.6) is 11.8 Å². The summed E-state index contributed by atoms with van der Waals surface area (Å²) in [6.45, 7) is 3.11. The number of allylic oxidation sites excluding steroid dienone is 2. The molecular weight excluding hydrogens is 1520 g/mol. The normalized spacial score (nSPS) is 10.3. The van der Waals surface area contributed by atoms with Crippen LogP contribution in [0, 0.1) is 0 Å². The number of hydrogen-bond acceptors (Lipinski definition) is 26. The molecule has 0 atom stereocenters. The van der Waals surface area contributed by atoms with Crippen LogP contribution in [0.1, 0.15) is 118 Å². The number of Topliss-reactive ketones (excluding diaryl/α,β-unsaturated/α-hetero) is 1. The summed E-state index contributed by atoms with van der Waals surface area (Å²) in [4.78, 5) is 129. The number of ether oxygens (including phenoxy) is 6. The smallest absolute Gasteiger partial charge is 0.345 e. The maximum Gasteiger partial charge on any atom is 0.345 e. The second-order valence-corrected chi connectivity index (χ2v) is 24.8. The molecule has 111 heavy (non-hydrogen) atoms. The fraction of sp³-hybridized carbons (Fsp3) is 0.325. The Hall–Kier alpha value is -11.2. The summed E-state index contributed by atoms with van der Waals surface area (Å²) in [6, 6.07) is 22.2. The van der Waals surface area contributed by atoms with Crippen molar-refractivity contribution in [1.29, 1.82) is 0 Å². The number of nitrogens with one attached hydrogen (secondary N) is 1. The molecule has 9 aromatic heterocycles. The standard InChI is InChI=1S/C24H27ClN4O3.2C13H11ClN2O3.C10H14ClNO4.C10H18N4O.C6H8N2.CH3F/c1-32-23-11-13-27-22(28-23)10-6-4-2-3-5-9-21(30)20-14-19(25)17-29(24(20)31)16-18-8-7-12-26-15-18;2*1-19-13(18)11-5-10(14)8-16(12(11)17)7-9-3-2-4-15-6-9;1-12(2)6-7(11)5-8(9(13)15-3)10(14)16-4;1-15-9-5-8-13-10(14-9)12-7-4-2-3-6-11;7-4-6-2-1-3-8-5-6;1-2/h7-8,11-15,17H,2-6,9-10,16H2,1H3;2*2-6,8H,7H2,1H3;5-6H,1-4H3;5,8H,2-4,6-7,11H2,1H3,(H,12,13,14);1-3,5H,4,7H2;1H3/b;;;7-6-;;;/i;;;;;;1D. The van der Waals surface area contributed by atoms with E-state index in [-0.39, 0.29) is 51.7 Å². The highest BCUT2D eigenvalue weighted by atomic mass is 35.5. The Morgan fingerprint density at radius 3 is 1.37 bits per heavy atom. The van der Waals surface area contributed by atoms with Crippen LogP contribution in [0.3, 0.4) is 0 Å². The van der Waals surface area contributed by atoms with Gasteiger partial charge in [0.25, 0.3) is 16.7 Å². The number of ketones is 1. The highest BCUT2D eigenvalue weighted by molar-refractivity contribution is 6.32. The first-order valence-electron chi connectivity index (χ1n) is 34.7. The maximum absolute atomic E-state index is 12.8. The Labute approximate surface area is 664 Å². The number of rotatable bonds is 30. The van der Waals surface area contributed by atoms with Crippen LogP contribution in [-0.2, 0) is 61.1 Å². The van der Waals surface area contributed by atoms with Gasteiger partial charge in [-0.15, -0.1) is 0 Å². The molecule has 0 saturated heterocycles. The van der Waals surface area contributed by atoms with Crippen molar-refractivity contribution in [3.05, 3.63) is 273 Å². The van der Waals surface area contributed by atoms with Gasteiger partial charge in [-0.3, -0.25) is 43.5 Å². The van der Waals surface area contributed by atoms with Crippen LogP contribution in [0.2, 0.25) is 15.1 Å². The molecule has 0 unspecified atom stereocenters. The summed E-state index contributed by atoms with van der Waals surface area (Å²) < 4.78 is 47.7. The zero-order valence-electron chi connectivity index (χ0n) is 63.8. The van der Waals surface area contributed by atoms with Crippen molar-refractivity contribution >= 4 is 82.0 Å². The number of carbonyl (C=O) groups is 5. The molecule has 0 aliphatic rings. The van der Waals surface area contributed by atoms with Crippen LogP contribution < -0.4 is 42.9 Å². The molecule has 0 aliphatic carbocycles. The first-order valence-corrected chi connectivity index (χ1v) is 35.5. The lowest BCUT2D eigenvalue weighted by Crippen LogP contribution is -2.27. The summed E-state index contributed by atoms with van der Waals surface area (Å²) in [5.41, 5.74) is 12.8. The van der Waals surface area contributed by atoms with Gasteiger partial charge in [-0.05, 0) is 103 Å². The number of nitrogens with two attached hydrogens (primary N) is 2. The molecular formula is C77H92Cl4FN15O14. The first-order chi connectivity index (χ1) is 53.9. The Bertz CT molecular complexity index is 4440. The van der Waals surface area contributed by atoms with Crippen LogP contribution >= 0.6 is 46.4 Å². The molecule has 594 valence electrons. The number of carbonyl (C=O) groups excluding carboxylic acids is 5. The van der Waals surface area contributed by atoms with Gasteiger partial charge < -0.3 is 63.8 Å². The van der Waals surface area contributed by atoms with E-state index < -0.39 is 42.1 Å². The fourth-order valence-corrected chi connectivity index (χ4v) is 10.3. The third-order valence-corrected chi connectivity index (χ3v) is 15.5. The van der Waals surface area contributed by atoms with E-state index >= 15 is 0 Å². The first kappa shape index (κ1) is 92.2. The number of aromatic nitrogens is 11. The van der Waals surface area contributed by atoms with Crippen molar-refractivity contribution in [2.75, 3.05) is 82.3 Å². The van der Waals surface area contributed by atoms with Crippen LogP contribution in [0.4, 0.5) is 10.3 Å². The summed E-state index contributed by atoms with van der Waals surface area (Å²) in [5, 5.41) is 4.32. The van der Waals surface area contributed by atoms with E-state index in [1.165, 1.54) is 85.0 Å². The molecule has 5 N–H and O–H groups in total. The Morgan fingerprint density at radius 2 is 0.964 bits per heavy atom. The van der Waals surface area contributed by atoms with E-state index in [1.54, 1.807) is 132 Å². The third kappa shape index (κ3) is 36.3. The molecule has 9 aromatic rings. The number of pyridine rings is 7. The lowest BCUT2D eigenvalue weighted by atomic mass is 10.0. The number of esters is 4. The quantitative estimate of drug-likeness (QED) is 0.00550. The lowest BCUT2D eigenvalue weighted by molar-refractivity contribution is -0.144. The van der Waals surface area contributed by atoms with Gasteiger partial charge in [-0.25, -0.2) is 29.1 Å². The van der Waals surface area contributed by atoms with E-state index in [0.717, 1.165) is 99.0 Å². The Balaban J connectivity index is 0.000000359. The molecule has 0 saturated carbocycles. The molecule has 29 nitrogen and oxygen atoms in total. The number of anilines is 1. The topological polar surface area (TPSA) is 377 Å².